The first-order chi connectivity index (χ1) is 16.2. The number of benzene rings is 2. The highest BCUT2D eigenvalue weighted by atomic mass is 16.7. The highest BCUT2D eigenvalue weighted by Crippen LogP contribution is 2.35. The van der Waals surface area contributed by atoms with E-state index in [0.29, 0.717) is 30.3 Å². The molecule has 2 aromatic carbocycles. The summed E-state index contributed by atoms with van der Waals surface area (Å²) in [4.78, 5) is 24.6. The summed E-state index contributed by atoms with van der Waals surface area (Å²) in [5.74, 6) is 1.45. The molecule has 0 unspecified atom stereocenters. The number of hydrogen-bond donors (Lipinski definition) is 0. The van der Waals surface area contributed by atoms with Gasteiger partial charge < -0.3 is 18.9 Å². The molecule has 0 radical (unpaired) electrons. The number of allylic oxidation sites excluding steroid dienone is 1. The molecule has 0 bridgehead atoms. The van der Waals surface area contributed by atoms with Crippen molar-refractivity contribution in [2.24, 2.45) is 5.41 Å². The van der Waals surface area contributed by atoms with Gasteiger partial charge in [0, 0.05) is 5.56 Å². The molecule has 0 aliphatic heterocycles. The largest absolute Gasteiger partial charge is 0.493 e. The van der Waals surface area contributed by atoms with E-state index < -0.39 is 5.41 Å². The molecule has 34 heavy (non-hydrogen) atoms. The molecule has 0 aliphatic carbocycles. The van der Waals surface area contributed by atoms with Crippen LogP contribution in [0.1, 0.15) is 69.4 Å². The first kappa shape index (κ1) is 27.0. The summed E-state index contributed by atoms with van der Waals surface area (Å²) in [7, 11) is 0. The lowest BCUT2D eigenvalue weighted by Gasteiger charge is -2.17. The van der Waals surface area contributed by atoms with Gasteiger partial charge in [-0.3, -0.25) is 9.59 Å². The van der Waals surface area contributed by atoms with Gasteiger partial charge in [-0.1, -0.05) is 19.4 Å². The molecule has 0 heterocycles. The molecule has 0 saturated heterocycles. The maximum Gasteiger partial charge on any atom is 0.314 e. The van der Waals surface area contributed by atoms with E-state index >= 15 is 0 Å². The molecule has 0 saturated carbocycles. The van der Waals surface area contributed by atoms with Crippen LogP contribution in [0.15, 0.2) is 42.5 Å². The minimum atomic E-state index is -0.591. The molecular formula is C28H36O6. The number of ketones is 1. The van der Waals surface area contributed by atoms with Crippen molar-refractivity contribution in [2.75, 3.05) is 20.0 Å². The zero-order valence-electron chi connectivity index (χ0n) is 21.1. The Balaban J connectivity index is 2.15. The highest BCUT2D eigenvalue weighted by molar-refractivity contribution is 6.07. The van der Waals surface area contributed by atoms with E-state index in [9.17, 15) is 9.59 Å². The Hall–Kier alpha value is -3.28. The fourth-order valence-corrected chi connectivity index (χ4v) is 3.18. The van der Waals surface area contributed by atoms with Crippen molar-refractivity contribution in [3.05, 3.63) is 59.2 Å². The molecule has 2 aromatic rings. The van der Waals surface area contributed by atoms with E-state index in [1.165, 1.54) is 6.08 Å². The fourth-order valence-electron chi connectivity index (χ4n) is 3.18. The lowest BCUT2D eigenvalue weighted by molar-refractivity contribution is -0.159. The molecule has 0 amide bonds. The molecule has 184 valence electrons. The molecule has 0 spiro atoms. The first-order valence-electron chi connectivity index (χ1n) is 11.7. The summed E-state index contributed by atoms with van der Waals surface area (Å²) < 4.78 is 22.3. The third kappa shape index (κ3) is 7.65. The van der Waals surface area contributed by atoms with Gasteiger partial charge in [-0.05, 0) is 89.1 Å². The van der Waals surface area contributed by atoms with Crippen LogP contribution in [0.2, 0.25) is 0 Å². The minimum Gasteiger partial charge on any atom is -0.493 e. The molecule has 0 fully saturated rings. The normalized spacial score (nSPS) is 11.4. The number of carbonyl (C=O) groups is 2. The molecule has 6 nitrogen and oxygen atoms in total. The Morgan fingerprint density at radius 3 is 2.15 bits per heavy atom. The average molecular weight is 469 g/mol. The van der Waals surface area contributed by atoms with E-state index in [1.807, 2.05) is 26.0 Å². The zero-order valence-corrected chi connectivity index (χ0v) is 21.1. The van der Waals surface area contributed by atoms with Crippen molar-refractivity contribution in [2.45, 2.75) is 54.4 Å². The molecular weight excluding hydrogens is 432 g/mol. The SMILES string of the molecule is CCCc1ccc(OCC)c(C=CC(=O)c2ccc(OCOC(=O)C(C)(C)C)cc2)c1OCC. The quantitative estimate of drug-likeness (QED) is 0.158. The molecule has 0 N–H and O–H groups in total. The Labute approximate surface area is 202 Å². The Morgan fingerprint density at radius 1 is 0.882 bits per heavy atom. The number of hydrogen-bond acceptors (Lipinski definition) is 6. The predicted octanol–water partition coefficient (Wildman–Crippen LogP) is 6.26. The predicted molar refractivity (Wildman–Crippen MR) is 134 cm³/mol. The zero-order chi connectivity index (χ0) is 25.1. The number of esters is 1. The van der Waals surface area contributed by atoms with Crippen molar-refractivity contribution >= 4 is 17.8 Å². The van der Waals surface area contributed by atoms with Crippen molar-refractivity contribution in [3.8, 4) is 17.2 Å². The summed E-state index contributed by atoms with van der Waals surface area (Å²) in [6.45, 7) is 12.2. The van der Waals surface area contributed by atoms with Gasteiger partial charge in [-0.2, -0.15) is 0 Å². The van der Waals surface area contributed by atoms with Gasteiger partial charge in [-0.15, -0.1) is 0 Å². The monoisotopic (exact) mass is 468 g/mol. The van der Waals surface area contributed by atoms with E-state index in [-0.39, 0.29) is 18.5 Å². The summed E-state index contributed by atoms with van der Waals surface area (Å²) in [5, 5.41) is 0. The second kappa shape index (κ2) is 12.8. The molecule has 0 atom stereocenters. The van der Waals surface area contributed by atoms with Crippen molar-refractivity contribution in [3.63, 3.8) is 0 Å². The van der Waals surface area contributed by atoms with Gasteiger partial charge in [0.2, 0.25) is 6.79 Å². The van der Waals surface area contributed by atoms with Crippen LogP contribution in [-0.4, -0.2) is 31.8 Å². The topological polar surface area (TPSA) is 71.1 Å². The lowest BCUT2D eigenvalue weighted by Crippen LogP contribution is -2.24. The average Bonchev–Trinajstić information content (AvgIpc) is 2.80. The van der Waals surface area contributed by atoms with Crippen molar-refractivity contribution in [1.82, 2.24) is 0 Å². The molecule has 0 aliphatic rings. The van der Waals surface area contributed by atoms with Gasteiger partial charge in [0.05, 0.1) is 24.2 Å². The van der Waals surface area contributed by atoms with Crippen LogP contribution in [0.5, 0.6) is 17.2 Å². The molecule has 0 aromatic heterocycles. The fraction of sp³-hybridized carbons (Fsp3) is 0.429. The maximum atomic E-state index is 12.8. The van der Waals surface area contributed by atoms with Crippen LogP contribution in [0.4, 0.5) is 0 Å². The second-order valence-corrected chi connectivity index (χ2v) is 8.75. The van der Waals surface area contributed by atoms with Gasteiger partial charge in [0.1, 0.15) is 17.2 Å². The van der Waals surface area contributed by atoms with Gasteiger partial charge in [0.15, 0.2) is 5.78 Å². The summed E-state index contributed by atoms with van der Waals surface area (Å²) in [5.41, 5.74) is 1.78. The number of rotatable bonds is 12. The minimum absolute atomic E-state index is 0.156. The third-order valence-corrected chi connectivity index (χ3v) is 4.91. The molecule has 2 rings (SSSR count). The van der Waals surface area contributed by atoms with Gasteiger partial charge >= 0.3 is 5.97 Å². The van der Waals surface area contributed by atoms with Crippen LogP contribution >= 0.6 is 0 Å². The standard InChI is InChI=1S/C28H36O6/c1-7-10-21-13-18-25(31-8-2)23(26(21)32-9-3)16-17-24(29)20-11-14-22(15-12-20)33-19-34-27(30)28(4,5)6/h11-18H,7-10,19H2,1-6H3. The van der Waals surface area contributed by atoms with Crippen LogP contribution in [-0.2, 0) is 16.0 Å². The maximum absolute atomic E-state index is 12.8. The Bertz CT molecular complexity index is 983. The number of aryl methyl sites for hydroxylation is 1. The Morgan fingerprint density at radius 2 is 1.56 bits per heavy atom. The van der Waals surface area contributed by atoms with Crippen LogP contribution in [0.3, 0.4) is 0 Å². The number of carbonyl (C=O) groups excluding carboxylic acids is 2. The molecule has 6 heteroatoms. The summed E-state index contributed by atoms with van der Waals surface area (Å²) in [6.07, 6.45) is 5.15. The summed E-state index contributed by atoms with van der Waals surface area (Å²) >= 11 is 0. The van der Waals surface area contributed by atoms with Crippen molar-refractivity contribution < 1.29 is 28.5 Å². The van der Waals surface area contributed by atoms with E-state index in [2.05, 4.69) is 6.92 Å². The van der Waals surface area contributed by atoms with E-state index in [1.54, 1.807) is 51.1 Å². The van der Waals surface area contributed by atoms with Gasteiger partial charge in [-0.25, -0.2) is 0 Å². The number of ether oxygens (including phenoxy) is 4. The smallest absolute Gasteiger partial charge is 0.314 e. The van der Waals surface area contributed by atoms with E-state index in [0.717, 1.165) is 29.7 Å². The van der Waals surface area contributed by atoms with Gasteiger partial charge in [0.25, 0.3) is 0 Å². The summed E-state index contributed by atoms with van der Waals surface area (Å²) in [6, 6.07) is 10.6. The highest BCUT2D eigenvalue weighted by Gasteiger charge is 2.23. The van der Waals surface area contributed by atoms with Crippen LogP contribution in [0, 0.1) is 5.41 Å². The van der Waals surface area contributed by atoms with Crippen molar-refractivity contribution in [1.29, 1.82) is 0 Å². The lowest BCUT2D eigenvalue weighted by atomic mass is 9.98. The van der Waals surface area contributed by atoms with Crippen LogP contribution in [0.25, 0.3) is 6.08 Å². The second-order valence-electron chi connectivity index (χ2n) is 8.75. The van der Waals surface area contributed by atoms with Crippen LogP contribution < -0.4 is 14.2 Å². The first-order valence-corrected chi connectivity index (χ1v) is 11.7. The Kier molecular flexibility index (Phi) is 10.2. The van der Waals surface area contributed by atoms with E-state index in [4.69, 9.17) is 18.9 Å². The third-order valence-electron chi connectivity index (χ3n) is 4.91.